The number of nitrogens with one attached hydrogen (secondary N) is 2. The van der Waals surface area contributed by atoms with Gasteiger partial charge in [-0.25, -0.2) is 9.97 Å². The summed E-state index contributed by atoms with van der Waals surface area (Å²) >= 11 is 0. The van der Waals surface area contributed by atoms with Crippen LogP contribution in [-0.2, 0) is 25.9 Å². The van der Waals surface area contributed by atoms with Crippen LogP contribution in [0.1, 0.15) is 33.6 Å². The third-order valence-electron chi connectivity index (χ3n) is 6.09. The van der Waals surface area contributed by atoms with E-state index in [1.165, 1.54) is 6.26 Å². The van der Waals surface area contributed by atoms with E-state index in [4.69, 9.17) is 14.1 Å². The Balaban J connectivity index is 1.11. The van der Waals surface area contributed by atoms with Crippen molar-refractivity contribution in [2.24, 2.45) is 0 Å². The third kappa shape index (κ3) is 6.04. The maximum atomic E-state index is 12.5. The van der Waals surface area contributed by atoms with Crippen molar-refractivity contribution in [3.8, 4) is 5.75 Å². The zero-order valence-electron chi connectivity index (χ0n) is 21.1. The summed E-state index contributed by atoms with van der Waals surface area (Å²) < 4.78 is 13.0. The second-order valence-electron chi connectivity index (χ2n) is 8.64. The highest BCUT2D eigenvalue weighted by Gasteiger charge is 2.14. The monoisotopic (exact) mass is 511 g/mol. The van der Waals surface area contributed by atoms with Gasteiger partial charge in [-0.3, -0.25) is 14.8 Å². The number of carbonyl (C=O) groups excluding carboxylic acids is 1. The van der Waals surface area contributed by atoms with Gasteiger partial charge in [0, 0.05) is 38.3 Å². The molecule has 0 saturated carbocycles. The fraction of sp³-hybridized carbons (Fsp3) is 0.250. The lowest BCUT2D eigenvalue weighted by atomic mass is 10.3. The Morgan fingerprint density at radius 2 is 1.82 bits per heavy atom. The van der Waals surface area contributed by atoms with Crippen molar-refractivity contribution in [3.05, 3.63) is 102 Å². The first-order chi connectivity index (χ1) is 18.7. The molecular formula is C28H29N7O3. The number of imidazole rings is 1. The van der Waals surface area contributed by atoms with E-state index < -0.39 is 0 Å². The molecule has 0 fully saturated rings. The number of pyridine rings is 2. The van der Waals surface area contributed by atoms with Crippen LogP contribution >= 0.6 is 0 Å². The van der Waals surface area contributed by atoms with E-state index in [0.29, 0.717) is 36.8 Å². The van der Waals surface area contributed by atoms with Crippen molar-refractivity contribution in [2.45, 2.75) is 25.9 Å². The Morgan fingerprint density at radius 3 is 2.68 bits per heavy atom. The molecule has 194 valence electrons. The molecular weight excluding hydrogens is 482 g/mol. The normalized spacial score (nSPS) is 11.1. The van der Waals surface area contributed by atoms with E-state index in [9.17, 15) is 4.79 Å². The van der Waals surface area contributed by atoms with Crippen LogP contribution in [0, 0.1) is 0 Å². The molecule has 0 aliphatic heterocycles. The van der Waals surface area contributed by atoms with E-state index in [-0.39, 0.29) is 18.1 Å². The number of hydrogen-bond donors (Lipinski definition) is 2. The van der Waals surface area contributed by atoms with Crippen LogP contribution in [0.2, 0.25) is 0 Å². The summed E-state index contributed by atoms with van der Waals surface area (Å²) in [7, 11) is 1.57. The molecule has 5 aromatic rings. The summed E-state index contributed by atoms with van der Waals surface area (Å²) in [5.74, 6) is 1.80. The predicted molar refractivity (Wildman–Crippen MR) is 142 cm³/mol. The fourth-order valence-electron chi connectivity index (χ4n) is 4.19. The molecule has 0 bridgehead atoms. The Morgan fingerprint density at radius 1 is 0.974 bits per heavy atom. The molecule has 5 rings (SSSR count). The first-order valence-electron chi connectivity index (χ1n) is 12.5. The number of aromatic nitrogens is 5. The van der Waals surface area contributed by atoms with E-state index in [2.05, 4.69) is 36.2 Å². The average molecular weight is 512 g/mol. The zero-order chi connectivity index (χ0) is 26.2. The number of hydrogen-bond acceptors (Lipinski definition) is 8. The van der Waals surface area contributed by atoms with Gasteiger partial charge in [0.2, 0.25) is 0 Å². The van der Waals surface area contributed by atoms with Gasteiger partial charge in [-0.15, -0.1) is 0 Å². The number of amides is 1. The molecule has 0 saturated heterocycles. The third-order valence-corrected chi connectivity index (χ3v) is 6.09. The summed E-state index contributed by atoms with van der Waals surface area (Å²) in [4.78, 5) is 30.3. The molecule has 38 heavy (non-hydrogen) atoms. The van der Waals surface area contributed by atoms with Crippen molar-refractivity contribution in [1.29, 1.82) is 0 Å². The van der Waals surface area contributed by atoms with Gasteiger partial charge in [0.15, 0.2) is 11.6 Å². The van der Waals surface area contributed by atoms with Gasteiger partial charge in [-0.05, 0) is 36.4 Å². The fourth-order valence-corrected chi connectivity index (χ4v) is 4.19. The number of nitrogens with zero attached hydrogens (tertiary/aromatic N) is 5. The average Bonchev–Trinajstić information content (AvgIpc) is 3.57. The molecule has 0 atom stereocenters. The van der Waals surface area contributed by atoms with Crippen LogP contribution in [-0.4, -0.2) is 50.6 Å². The quantitative estimate of drug-likeness (QED) is 0.245. The molecule has 4 heterocycles. The molecule has 0 radical (unpaired) electrons. The largest absolute Gasteiger partial charge is 0.495 e. The van der Waals surface area contributed by atoms with Crippen molar-refractivity contribution >= 4 is 16.9 Å². The second-order valence-corrected chi connectivity index (χ2v) is 8.64. The maximum absolute atomic E-state index is 12.5. The Kier molecular flexibility index (Phi) is 8.00. The molecule has 0 aliphatic rings. The minimum Gasteiger partial charge on any atom is -0.495 e. The van der Waals surface area contributed by atoms with Crippen molar-refractivity contribution in [3.63, 3.8) is 0 Å². The summed E-state index contributed by atoms with van der Waals surface area (Å²) in [6.07, 6.45) is 6.16. The number of oxazole rings is 1. The first-order valence-corrected chi connectivity index (χ1v) is 12.5. The summed E-state index contributed by atoms with van der Waals surface area (Å²) in [5, 5.41) is 6.22. The smallest absolute Gasteiger partial charge is 0.273 e. The maximum Gasteiger partial charge on any atom is 0.273 e. The van der Waals surface area contributed by atoms with Crippen LogP contribution in [0.25, 0.3) is 11.0 Å². The first kappa shape index (κ1) is 25.1. The minimum absolute atomic E-state index is 0.234. The SMILES string of the molecule is COc1cccnc1CNC(=O)c1coc(CCNCCc2nc3ccccc3n2Cc2ccccn2)n1. The number of fused-ring (bicyclic) bond motifs is 1. The number of rotatable bonds is 12. The molecule has 4 aromatic heterocycles. The molecule has 0 spiro atoms. The van der Waals surface area contributed by atoms with Crippen molar-refractivity contribution in [2.75, 3.05) is 20.2 Å². The molecule has 1 aromatic carbocycles. The molecule has 10 heteroatoms. The highest BCUT2D eigenvalue weighted by atomic mass is 16.5. The Hall–Kier alpha value is -4.57. The number of ether oxygens (including phenoxy) is 1. The van der Waals surface area contributed by atoms with E-state index >= 15 is 0 Å². The zero-order valence-corrected chi connectivity index (χ0v) is 21.1. The standard InChI is InChI=1S/C28H29N7O3/c1-37-25-10-6-14-31-22(25)17-32-28(36)23-19-38-27(34-23)12-16-29-15-11-26-33-21-8-2-3-9-24(21)35(26)18-20-7-4-5-13-30-20/h2-10,13-14,19,29H,11-12,15-18H2,1H3,(H,32,36). The number of methoxy groups -OCH3 is 1. The van der Waals surface area contributed by atoms with Gasteiger partial charge in [-0.2, -0.15) is 0 Å². The van der Waals surface area contributed by atoms with Crippen molar-refractivity contribution < 1.29 is 13.9 Å². The minimum atomic E-state index is -0.326. The van der Waals surface area contributed by atoms with Gasteiger partial charge in [0.1, 0.15) is 23.5 Å². The summed E-state index contributed by atoms with van der Waals surface area (Å²) in [5.41, 5.74) is 3.95. The van der Waals surface area contributed by atoms with Gasteiger partial charge >= 0.3 is 0 Å². The molecule has 0 aliphatic carbocycles. The van der Waals surface area contributed by atoms with E-state index in [0.717, 1.165) is 35.5 Å². The molecule has 0 unspecified atom stereocenters. The van der Waals surface area contributed by atoms with E-state index in [1.54, 1.807) is 25.4 Å². The highest BCUT2D eigenvalue weighted by molar-refractivity contribution is 5.91. The summed E-state index contributed by atoms with van der Waals surface area (Å²) in [6.45, 7) is 2.31. The van der Waals surface area contributed by atoms with Crippen LogP contribution in [0.5, 0.6) is 5.75 Å². The topological polar surface area (TPSA) is 120 Å². The lowest BCUT2D eigenvalue weighted by molar-refractivity contribution is 0.0945. The second kappa shape index (κ2) is 12.1. The lowest BCUT2D eigenvalue weighted by Crippen LogP contribution is -2.24. The Bertz CT molecular complexity index is 1500. The van der Waals surface area contributed by atoms with E-state index in [1.807, 2.05) is 42.6 Å². The Labute approximate surface area is 220 Å². The number of carbonyl (C=O) groups is 1. The van der Waals surface area contributed by atoms with Crippen LogP contribution in [0.3, 0.4) is 0 Å². The molecule has 10 nitrogen and oxygen atoms in total. The molecule has 2 N–H and O–H groups in total. The van der Waals surface area contributed by atoms with Gasteiger partial charge in [0.05, 0.1) is 36.9 Å². The summed E-state index contributed by atoms with van der Waals surface area (Å²) in [6, 6.07) is 17.7. The predicted octanol–water partition coefficient (Wildman–Crippen LogP) is 3.18. The number of benzene rings is 1. The van der Waals surface area contributed by atoms with Crippen LogP contribution in [0.15, 0.2) is 77.7 Å². The highest BCUT2D eigenvalue weighted by Crippen LogP contribution is 2.18. The van der Waals surface area contributed by atoms with Crippen molar-refractivity contribution in [1.82, 2.24) is 35.1 Å². The van der Waals surface area contributed by atoms with Crippen LogP contribution in [0.4, 0.5) is 0 Å². The van der Waals surface area contributed by atoms with Gasteiger partial charge in [-0.1, -0.05) is 18.2 Å². The van der Waals surface area contributed by atoms with Crippen LogP contribution < -0.4 is 15.4 Å². The van der Waals surface area contributed by atoms with Gasteiger partial charge in [0.25, 0.3) is 5.91 Å². The van der Waals surface area contributed by atoms with Gasteiger partial charge < -0.3 is 24.4 Å². The lowest BCUT2D eigenvalue weighted by Gasteiger charge is -2.09. The number of para-hydroxylation sites is 2. The molecule has 1 amide bonds.